The second kappa shape index (κ2) is 5.69. The standard InChI is InChI=1S/C13H22N4O2/c1-4-19-11(18)10-15-12(17-16-10)13(2,3)9-6-5-7-14-8-9/h9,14H,4-8H2,1-3H3,(H,15,16,17). The number of esters is 1. The van der Waals surface area contributed by atoms with Gasteiger partial charge >= 0.3 is 5.97 Å². The van der Waals surface area contributed by atoms with Crippen LogP contribution in [0.3, 0.4) is 0 Å². The molecule has 1 aliphatic heterocycles. The van der Waals surface area contributed by atoms with Crippen molar-refractivity contribution in [3.8, 4) is 0 Å². The Labute approximate surface area is 113 Å². The van der Waals surface area contributed by atoms with Gasteiger partial charge in [-0.3, -0.25) is 5.10 Å². The lowest BCUT2D eigenvalue weighted by Gasteiger charge is -2.35. The molecule has 106 valence electrons. The molecule has 0 saturated carbocycles. The minimum absolute atomic E-state index is 0.119. The lowest BCUT2D eigenvalue weighted by molar-refractivity contribution is 0.0512. The molecule has 19 heavy (non-hydrogen) atoms. The summed E-state index contributed by atoms with van der Waals surface area (Å²) in [6.07, 6.45) is 2.34. The summed E-state index contributed by atoms with van der Waals surface area (Å²) >= 11 is 0. The summed E-state index contributed by atoms with van der Waals surface area (Å²) in [5.74, 6) is 0.893. The van der Waals surface area contributed by atoms with Crippen LogP contribution in [-0.2, 0) is 10.2 Å². The van der Waals surface area contributed by atoms with Gasteiger partial charge in [-0.2, -0.15) is 0 Å². The van der Waals surface area contributed by atoms with Crippen LogP contribution in [0.1, 0.15) is 50.1 Å². The Morgan fingerprint density at radius 1 is 1.53 bits per heavy atom. The molecule has 6 heteroatoms. The quantitative estimate of drug-likeness (QED) is 0.802. The fraction of sp³-hybridized carbons (Fsp3) is 0.769. The molecule has 0 aliphatic carbocycles. The van der Waals surface area contributed by atoms with E-state index in [1.54, 1.807) is 6.92 Å². The summed E-state index contributed by atoms with van der Waals surface area (Å²) < 4.78 is 4.90. The van der Waals surface area contributed by atoms with Gasteiger partial charge in [0, 0.05) is 5.41 Å². The third kappa shape index (κ3) is 2.94. The summed E-state index contributed by atoms with van der Waals surface area (Å²) in [7, 11) is 0. The van der Waals surface area contributed by atoms with Crippen LogP contribution >= 0.6 is 0 Å². The van der Waals surface area contributed by atoms with Crippen LogP contribution < -0.4 is 5.32 Å². The van der Waals surface area contributed by atoms with Crippen molar-refractivity contribution >= 4 is 5.97 Å². The largest absolute Gasteiger partial charge is 0.460 e. The second-order valence-corrected chi connectivity index (χ2v) is 5.49. The predicted molar refractivity (Wildman–Crippen MR) is 71.0 cm³/mol. The Hall–Kier alpha value is -1.43. The highest BCUT2D eigenvalue weighted by molar-refractivity contribution is 5.84. The number of rotatable bonds is 4. The Balaban J connectivity index is 2.13. The summed E-state index contributed by atoms with van der Waals surface area (Å²) in [6.45, 7) is 8.43. The number of hydrogen-bond acceptors (Lipinski definition) is 5. The maximum absolute atomic E-state index is 11.6. The fourth-order valence-corrected chi connectivity index (χ4v) is 2.50. The Morgan fingerprint density at radius 2 is 2.32 bits per heavy atom. The molecule has 0 amide bonds. The molecular formula is C13H22N4O2. The zero-order valence-electron chi connectivity index (χ0n) is 11.8. The third-order valence-corrected chi connectivity index (χ3v) is 3.87. The van der Waals surface area contributed by atoms with Crippen LogP contribution in [0.25, 0.3) is 0 Å². The van der Waals surface area contributed by atoms with Crippen molar-refractivity contribution in [3.63, 3.8) is 0 Å². The highest BCUT2D eigenvalue weighted by Gasteiger charge is 2.35. The van der Waals surface area contributed by atoms with E-state index in [1.165, 1.54) is 6.42 Å². The molecule has 2 heterocycles. The van der Waals surface area contributed by atoms with E-state index in [1.807, 2.05) is 0 Å². The van der Waals surface area contributed by atoms with Crippen molar-refractivity contribution in [1.29, 1.82) is 0 Å². The number of aromatic amines is 1. The van der Waals surface area contributed by atoms with Gasteiger partial charge in [0.2, 0.25) is 0 Å². The van der Waals surface area contributed by atoms with E-state index in [9.17, 15) is 4.79 Å². The molecule has 1 aromatic heterocycles. The lowest BCUT2D eigenvalue weighted by atomic mass is 9.74. The minimum atomic E-state index is -0.470. The maximum Gasteiger partial charge on any atom is 0.378 e. The van der Waals surface area contributed by atoms with Crippen molar-refractivity contribution in [3.05, 3.63) is 11.6 Å². The number of carbonyl (C=O) groups is 1. The normalized spacial score (nSPS) is 20.3. The molecule has 1 fully saturated rings. The highest BCUT2D eigenvalue weighted by atomic mass is 16.5. The Bertz CT molecular complexity index is 436. The average Bonchev–Trinajstić information content (AvgIpc) is 2.90. The van der Waals surface area contributed by atoms with Crippen LogP contribution in [0, 0.1) is 5.92 Å². The molecule has 1 saturated heterocycles. The minimum Gasteiger partial charge on any atom is -0.460 e. The number of nitrogens with one attached hydrogen (secondary N) is 2. The summed E-state index contributed by atoms with van der Waals surface area (Å²) in [6, 6.07) is 0. The number of piperidine rings is 1. The molecule has 2 rings (SSSR count). The zero-order chi connectivity index (χ0) is 13.9. The molecule has 0 aromatic carbocycles. The summed E-state index contributed by atoms with van der Waals surface area (Å²) in [5.41, 5.74) is -0.134. The van der Waals surface area contributed by atoms with Gasteiger partial charge in [0.05, 0.1) is 6.61 Å². The molecule has 0 spiro atoms. The molecule has 1 aliphatic rings. The van der Waals surface area contributed by atoms with Crippen LogP contribution in [0.15, 0.2) is 0 Å². The number of ether oxygens (including phenoxy) is 1. The monoisotopic (exact) mass is 266 g/mol. The first-order chi connectivity index (χ1) is 9.05. The highest BCUT2D eigenvalue weighted by Crippen LogP contribution is 2.33. The van der Waals surface area contributed by atoms with E-state index in [0.717, 1.165) is 25.3 Å². The van der Waals surface area contributed by atoms with Crippen molar-refractivity contribution in [1.82, 2.24) is 20.5 Å². The van der Waals surface area contributed by atoms with Crippen molar-refractivity contribution in [2.75, 3.05) is 19.7 Å². The van der Waals surface area contributed by atoms with Crippen molar-refractivity contribution in [2.24, 2.45) is 5.92 Å². The number of aromatic nitrogens is 3. The zero-order valence-corrected chi connectivity index (χ0v) is 11.8. The first-order valence-corrected chi connectivity index (χ1v) is 6.86. The fourth-order valence-electron chi connectivity index (χ4n) is 2.50. The predicted octanol–water partition coefficient (Wildman–Crippen LogP) is 1.26. The maximum atomic E-state index is 11.6. The molecule has 1 aromatic rings. The number of H-pyrrole nitrogens is 1. The van der Waals surface area contributed by atoms with Gasteiger partial charge in [0.1, 0.15) is 5.82 Å². The van der Waals surface area contributed by atoms with Gasteiger partial charge in [-0.05, 0) is 38.8 Å². The molecule has 1 atom stereocenters. The summed E-state index contributed by atoms with van der Waals surface area (Å²) in [5, 5.41) is 10.3. The van der Waals surface area contributed by atoms with Crippen LogP contribution in [-0.4, -0.2) is 40.8 Å². The van der Waals surface area contributed by atoms with Crippen molar-refractivity contribution < 1.29 is 9.53 Å². The number of nitrogens with zero attached hydrogens (tertiary/aromatic N) is 2. The first kappa shape index (κ1) is 14.0. The smallest absolute Gasteiger partial charge is 0.378 e. The van der Waals surface area contributed by atoms with Gasteiger partial charge in [-0.1, -0.05) is 13.8 Å². The Morgan fingerprint density at radius 3 is 2.95 bits per heavy atom. The molecular weight excluding hydrogens is 244 g/mol. The summed E-state index contributed by atoms with van der Waals surface area (Å²) in [4.78, 5) is 15.9. The van der Waals surface area contributed by atoms with E-state index in [2.05, 4.69) is 34.3 Å². The van der Waals surface area contributed by atoms with Gasteiger partial charge in [-0.25, -0.2) is 9.78 Å². The van der Waals surface area contributed by atoms with Crippen LogP contribution in [0.5, 0.6) is 0 Å². The second-order valence-electron chi connectivity index (χ2n) is 5.49. The molecule has 0 radical (unpaired) electrons. The van der Waals surface area contributed by atoms with E-state index < -0.39 is 5.97 Å². The average molecular weight is 266 g/mol. The lowest BCUT2D eigenvalue weighted by Crippen LogP contribution is -2.41. The number of hydrogen-bond donors (Lipinski definition) is 2. The van der Waals surface area contributed by atoms with Crippen molar-refractivity contribution in [2.45, 2.75) is 39.0 Å². The Kier molecular flexibility index (Phi) is 4.19. The molecule has 6 nitrogen and oxygen atoms in total. The molecule has 2 N–H and O–H groups in total. The third-order valence-electron chi connectivity index (χ3n) is 3.87. The van der Waals surface area contributed by atoms with Crippen LogP contribution in [0.4, 0.5) is 0 Å². The van der Waals surface area contributed by atoms with E-state index >= 15 is 0 Å². The van der Waals surface area contributed by atoms with E-state index in [4.69, 9.17) is 4.74 Å². The van der Waals surface area contributed by atoms with Crippen LogP contribution in [0.2, 0.25) is 0 Å². The first-order valence-electron chi connectivity index (χ1n) is 6.86. The SMILES string of the molecule is CCOC(=O)c1n[nH]c(C(C)(C)C2CCCNC2)n1. The van der Waals surface area contributed by atoms with Gasteiger partial charge < -0.3 is 10.1 Å². The molecule has 0 bridgehead atoms. The van der Waals surface area contributed by atoms with Gasteiger partial charge in [0.25, 0.3) is 5.82 Å². The topological polar surface area (TPSA) is 79.9 Å². The van der Waals surface area contributed by atoms with Gasteiger partial charge in [0.15, 0.2) is 0 Å². The van der Waals surface area contributed by atoms with Gasteiger partial charge in [-0.15, -0.1) is 5.10 Å². The van der Waals surface area contributed by atoms with E-state index in [0.29, 0.717) is 12.5 Å². The number of carbonyl (C=O) groups excluding carboxylic acids is 1. The molecule has 1 unspecified atom stereocenters. The van der Waals surface area contributed by atoms with E-state index in [-0.39, 0.29) is 11.2 Å².